The van der Waals surface area contributed by atoms with Gasteiger partial charge in [0.05, 0.1) is 28.7 Å². The smallest absolute Gasteiger partial charge is 0.252 e. The Hall–Kier alpha value is -0.960. The maximum atomic E-state index is 12.3. The van der Waals surface area contributed by atoms with Crippen molar-refractivity contribution < 1.29 is 17.9 Å². The zero-order chi connectivity index (χ0) is 15.2. The van der Waals surface area contributed by atoms with Crippen LogP contribution in [0.1, 0.15) is 29.6 Å². The van der Waals surface area contributed by atoms with E-state index < -0.39 is 10.0 Å². The highest BCUT2D eigenvalue weighted by molar-refractivity contribution is 9.10. The topological polar surface area (TPSA) is 98.5 Å². The lowest BCUT2D eigenvalue weighted by atomic mass is 9.95. The number of rotatable bonds is 3. The number of amides is 1. The second-order valence-corrected chi connectivity index (χ2v) is 7.79. The molecule has 2 aliphatic rings. The average Bonchev–Trinajstić information content (AvgIpc) is 2.99. The van der Waals surface area contributed by atoms with Crippen LogP contribution in [0.3, 0.4) is 0 Å². The zero-order valence-corrected chi connectivity index (χ0v) is 13.5. The number of nitrogens with two attached hydrogens (primary N) is 1. The third kappa shape index (κ3) is 2.98. The summed E-state index contributed by atoms with van der Waals surface area (Å²) in [6, 6.07) is 4.13. The molecule has 3 rings (SSSR count). The van der Waals surface area contributed by atoms with Gasteiger partial charge in [-0.25, -0.2) is 13.6 Å². The standard InChI is InChI=1S/C13H15BrN2O4S/c14-10-3-2-8(21(15,18)19)6-9(10)13(17)16-11-5-7-1-4-12(11)20-7/h2-3,6-7,11-12H,1,4-5H2,(H,16,17)(H2,15,18,19). The van der Waals surface area contributed by atoms with E-state index in [1.165, 1.54) is 18.2 Å². The van der Waals surface area contributed by atoms with Crippen LogP contribution in [0.2, 0.25) is 0 Å². The summed E-state index contributed by atoms with van der Waals surface area (Å²) >= 11 is 3.26. The van der Waals surface area contributed by atoms with Gasteiger partial charge in [-0.15, -0.1) is 0 Å². The maximum Gasteiger partial charge on any atom is 0.252 e. The molecule has 2 saturated heterocycles. The number of carbonyl (C=O) groups excluding carboxylic acids is 1. The van der Waals surface area contributed by atoms with Crippen molar-refractivity contribution in [3.63, 3.8) is 0 Å². The van der Waals surface area contributed by atoms with Gasteiger partial charge in [-0.3, -0.25) is 4.79 Å². The molecule has 3 atom stereocenters. The van der Waals surface area contributed by atoms with Crippen LogP contribution >= 0.6 is 15.9 Å². The van der Waals surface area contributed by atoms with E-state index in [1.54, 1.807) is 0 Å². The molecule has 0 spiro atoms. The molecule has 0 aliphatic carbocycles. The number of primary sulfonamides is 1. The molecule has 0 aromatic heterocycles. The Labute approximate surface area is 131 Å². The van der Waals surface area contributed by atoms with Crippen LogP contribution in [-0.4, -0.2) is 32.6 Å². The largest absolute Gasteiger partial charge is 0.373 e. The molecule has 114 valence electrons. The Balaban J connectivity index is 1.81. The quantitative estimate of drug-likeness (QED) is 0.828. The first kappa shape index (κ1) is 15.0. The fraction of sp³-hybridized carbons (Fsp3) is 0.462. The van der Waals surface area contributed by atoms with E-state index in [0.29, 0.717) is 4.47 Å². The van der Waals surface area contributed by atoms with Crippen molar-refractivity contribution in [3.8, 4) is 0 Å². The normalized spacial score (nSPS) is 27.8. The molecule has 1 aromatic carbocycles. The van der Waals surface area contributed by atoms with Crippen molar-refractivity contribution in [2.45, 2.75) is 42.4 Å². The second kappa shape index (κ2) is 5.35. The molecule has 21 heavy (non-hydrogen) atoms. The minimum Gasteiger partial charge on any atom is -0.373 e. The van der Waals surface area contributed by atoms with Crippen LogP contribution in [0.5, 0.6) is 0 Å². The summed E-state index contributed by atoms with van der Waals surface area (Å²) < 4.78 is 29.0. The third-order valence-electron chi connectivity index (χ3n) is 3.93. The van der Waals surface area contributed by atoms with E-state index >= 15 is 0 Å². The van der Waals surface area contributed by atoms with Crippen molar-refractivity contribution in [3.05, 3.63) is 28.2 Å². The summed E-state index contributed by atoms with van der Waals surface area (Å²) in [4.78, 5) is 12.3. The van der Waals surface area contributed by atoms with Crippen molar-refractivity contribution >= 4 is 31.9 Å². The third-order valence-corrected chi connectivity index (χ3v) is 5.54. The SMILES string of the molecule is NS(=O)(=O)c1ccc(Br)c(C(=O)NC2CC3CCC2O3)c1. The molecule has 1 amide bonds. The highest BCUT2D eigenvalue weighted by atomic mass is 79.9. The van der Waals surface area contributed by atoms with Crippen molar-refractivity contribution in [2.24, 2.45) is 5.14 Å². The van der Waals surface area contributed by atoms with E-state index in [4.69, 9.17) is 9.88 Å². The molecule has 3 unspecified atom stereocenters. The highest BCUT2D eigenvalue weighted by Gasteiger charge is 2.41. The zero-order valence-electron chi connectivity index (χ0n) is 11.1. The minimum absolute atomic E-state index is 0.0127. The predicted octanol–water partition coefficient (Wildman–Crippen LogP) is 1.15. The second-order valence-electron chi connectivity index (χ2n) is 5.38. The number of nitrogens with one attached hydrogen (secondary N) is 1. The van der Waals surface area contributed by atoms with Crippen molar-refractivity contribution in [1.29, 1.82) is 0 Å². The minimum atomic E-state index is -3.84. The molecule has 3 N–H and O–H groups in total. The van der Waals surface area contributed by atoms with Crippen LogP contribution < -0.4 is 10.5 Å². The molecular formula is C13H15BrN2O4S. The Morgan fingerprint density at radius 1 is 1.38 bits per heavy atom. The Morgan fingerprint density at radius 3 is 2.71 bits per heavy atom. The summed E-state index contributed by atoms with van der Waals surface area (Å²) in [6.45, 7) is 0. The monoisotopic (exact) mass is 374 g/mol. The van der Waals surface area contributed by atoms with Crippen LogP contribution in [0.4, 0.5) is 0 Å². The van der Waals surface area contributed by atoms with Crippen LogP contribution in [0.25, 0.3) is 0 Å². The molecule has 2 aliphatic heterocycles. The fourth-order valence-electron chi connectivity index (χ4n) is 2.89. The molecule has 2 bridgehead atoms. The number of ether oxygens (including phenoxy) is 1. The summed E-state index contributed by atoms with van der Waals surface area (Å²) in [5.41, 5.74) is 0.254. The first-order valence-corrected chi connectivity index (χ1v) is 8.97. The Kier molecular flexibility index (Phi) is 3.81. The summed E-state index contributed by atoms with van der Waals surface area (Å²) in [5, 5.41) is 8.01. The lowest BCUT2D eigenvalue weighted by molar-refractivity contribution is 0.0840. The van der Waals surface area contributed by atoms with Gasteiger partial charge in [0.1, 0.15) is 0 Å². The van der Waals surface area contributed by atoms with Crippen molar-refractivity contribution in [2.75, 3.05) is 0 Å². The van der Waals surface area contributed by atoms with Gasteiger partial charge in [0, 0.05) is 4.47 Å². The highest BCUT2D eigenvalue weighted by Crippen LogP contribution is 2.34. The first-order chi connectivity index (χ1) is 9.84. The number of hydrogen-bond acceptors (Lipinski definition) is 4. The lowest BCUT2D eigenvalue weighted by Gasteiger charge is -2.20. The lowest BCUT2D eigenvalue weighted by Crippen LogP contribution is -2.41. The summed E-state index contributed by atoms with van der Waals surface area (Å²) in [5.74, 6) is -0.325. The molecule has 2 fully saturated rings. The predicted molar refractivity (Wildman–Crippen MR) is 79.3 cm³/mol. The van der Waals surface area contributed by atoms with E-state index in [0.717, 1.165) is 19.3 Å². The number of halogens is 1. The Bertz CT molecular complexity index is 691. The molecular weight excluding hydrogens is 360 g/mol. The van der Waals surface area contributed by atoms with E-state index in [1.807, 2.05) is 0 Å². The van der Waals surface area contributed by atoms with Gasteiger partial charge in [-0.2, -0.15) is 0 Å². The van der Waals surface area contributed by atoms with Crippen LogP contribution in [0.15, 0.2) is 27.6 Å². The molecule has 0 radical (unpaired) electrons. The molecule has 8 heteroatoms. The van der Waals surface area contributed by atoms with Gasteiger partial charge in [-0.1, -0.05) is 0 Å². The average molecular weight is 375 g/mol. The molecule has 6 nitrogen and oxygen atoms in total. The number of benzene rings is 1. The molecule has 1 aromatic rings. The van der Waals surface area contributed by atoms with Crippen molar-refractivity contribution in [1.82, 2.24) is 5.32 Å². The van der Waals surface area contributed by atoms with Gasteiger partial charge in [0.15, 0.2) is 0 Å². The van der Waals surface area contributed by atoms with Crippen LogP contribution in [0, 0.1) is 0 Å². The van der Waals surface area contributed by atoms with Gasteiger partial charge < -0.3 is 10.1 Å². The molecule has 2 heterocycles. The fourth-order valence-corrected chi connectivity index (χ4v) is 3.86. The summed E-state index contributed by atoms with van der Waals surface area (Å²) in [7, 11) is -3.84. The number of fused-ring (bicyclic) bond motifs is 2. The van der Waals surface area contributed by atoms with E-state index in [9.17, 15) is 13.2 Å². The van der Waals surface area contributed by atoms with Gasteiger partial charge in [-0.05, 0) is 53.4 Å². The van der Waals surface area contributed by atoms with Gasteiger partial charge in [0.25, 0.3) is 5.91 Å². The van der Waals surface area contributed by atoms with E-state index in [-0.39, 0.29) is 34.6 Å². The molecule has 0 saturated carbocycles. The van der Waals surface area contributed by atoms with Gasteiger partial charge in [0.2, 0.25) is 10.0 Å². The first-order valence-electron chi connectivity index (χ1n) is 6.63. The van der Waals surface area contributed by atoms with Gasteiger partial charge >= 0.3 is 0 Å². The number of sulfonamides is 1. The maximum absolute atomic E-state index is 12.3. The van der Waals surface area contributed by atoms with Crippen LogP contribution in [-0.2, 0) is 14.8 Å². The Morgan fingerprint density at radius 2 is 2.14 bits per heavy atom. The number of carbonyl (C=O) groups is 1. The number of hydrogen-bond donors (Lipinski definition) is 2. The summed E-state index contributed by atoms with van der Waals surface area (Å²) in [6.07, 6.45) is 3.11. The van der Waals surface area contributed by atoms with E-state index in [2.05, 4.69) is 21.2 Å².